The van der Waals surface area contributed by atoms with Gasteiger partial charge in [-0.25, -0.2) is 4.79 Å². The smallest absolute Gasteiger partial charge is 0.335 e. The lowest BCUT2D eigenvalue weighted by molar-refractivity contribution is 0.0325. The Labute approximate surface area is 188 Å². The molecule has 1 spiro atoms. The Morgan fingerprint density at radius 2 is 2.09 bits per heavy atom. The lowest BCUT2D eigenvalue weighted by atomic mass is 9.73. The van der Waals surface area contributed by atoms with Crippen molar-refractivity contribution in [2.75, 3.05) is 26.9 Å². The Bertz CT molecular complexity index is 1130. The molecule has 2 atom stereocenters. The number of aromatic nitrogens is 1. The summed E-state index contributed by atoms with van der Waals surface area (Å²) in [5.74, 6) is 0.0241. The van der Waals surface area contributed by atoms with Gasteiger partial charge in [-0.1, -0.05) is 12.1 Å². The number of nitrogens with one attached hydrogen (secondary N) is 1. The highest BCUT2D eigenvalue weighted by molar-refractivity contribution is 5.88. The van der Waals surface area contributed by atoms with E-state index in [4.69, 9.17) is 9.47 Å². The first-order valence-electron chi connectivity index (χ1n) is 11.3. The molecule has 0 radical (unpaired) electrons. The Balaban J connectivity index is 1.52. The number of methoxy groups -OCH3 is 1. The summed E-state index contributed by atoms with van der Waals surface area (Å²) in [6.07, 6.45) is 5.22. The fraction of sp³-hybridized carbons (Fsp3) is 0.423. The summed E-state index contributed by atoms with van der Waals surface area (Å²) < 4.78 is 11.6. The molecule has 6 heteroatoms. The van der Waals surface area contributed by atoms with Crippen molar-refractivity contribution < 1.29 is 19.4 Å². The van der Waals surface area contributed by atoms with Crippen molar-refractivity contribution in [1.29, 1.82) is 0 Å². The number of carboxylic acids is 1. The van der Waals surface area contributed by atoms with Crippen LogP contribution in [0.25, 0.3) is 10.9 Å². The maximum Gasteiger partial charge on any atom is 0.335 e. The molecule has 2 aliphatic heterocycles. The Hall–Kier alpha value is -2.83. The molecule has 2 saturated heterocycles. The summed E-state index contributed by atoms with van der Waals surface area (Å²) in [7, 11) is 1.74. The van der Waals surface area contributed by atoms with Gasteiger partial charge in [0.1, 0.15) is 5.75 Å². The molecule has 6 nitrogen and oxygen atoms in total. The highest BCUT2D eigenvalue weighted by Gasteiger charge is 2.43. The van der Waals surface area contributed by atoms with Crippen molar-refractivity contribution in [1.82, 2.24) is 9.88 Å². The van der Waals surface area contributed by atoms with E-state index in [2.05, 4.69) is 28.9 Å². The number of hydrogen-bond acceptors (Lipinski definition) is 4. The van der Waals surface area contributed by atoms with Gasteiger partial charge in [-0.15, -0.1) is 0 Å². The summed E-state index contributed by atoms with van der Waals surface area (Å²) >= 11 is 0. The van der Waals surface area contributed by atoms with Gasteiger partial charge in [0.25, 0.3) is 0 Å². The number of hydrogen-bond donors (Lipinski definition) is 2. The van der Waals surface area contributed by atoms with Crippen LogP contribution in [-0.4, -0.2) is 47.8 Å². The third kappa shape index (κ3) is 3.67. The zero-order valence-corrected chi connectivity index (χ0v) is 18.7. The maximum atomic E-state index is 11.4. The first kappa shape index (κ1) is 21.0. The number of likely N-dealkylation sites (tertiary alicyclic amines) is 1. The highest BCUT2D eigenvalue weighted by atomic mass is 16.5. The summed E-state index contributed by atoms with van der Waals surface area (Å²) in [5.41, 5.74) is 5.22. The number of aromatic amines is 1. The van der Waals surface area contributed by atoms with E-state index in [1.807, 2.05) is 18.3 Å². The monoisotopic (exact) mass is 434 g/mol. The summed E-state index contributed by atoms with van der Waals surface area (Å²) in [6.45, 7) is 5.50. The van der Waals surface area contributed by atoms with E-state index in [0.717, 1.165) is 62.4 Å². The second kappa shape index (κ2) is 8.26. The molecular formula is C26H30N2O4. The highest BCUT2D eigenvalue weighted by Crippen LogP contribution is 2.48. The van der Waals surface area contributed by atoms with Crippen LogP contribution < -0.4 is 4.74 Å². The number of fused-ring (bicyclic) bond motifs is 1. The minimum Gasteiger partial charge on any atom is -0.496 e. The van der Waals surface area contributed by atoms with E-state index in [0.29, 0.717) is 5.56 Å². The molecule has 5 rings (SSSR count). The van der Waals surface area contributed by atoms with Crippen molar-refractivity contribution in [3.8, 4) is 5.75 Å². The summed E-state index contributed by atoms with van der Waals surface area (Å²) in [5, 5.41) is 10.5. The van der Waals surface area contributed by atoms with Gasteiger partial charge >= 0.3 is 5.97 Å². The van der Waals surface area contributed by atoms with Gasteiger partial charge < -0.3 is 19.6 Å². The molecule has 0 amide bonds. The maximum absolute atomic E-state index is 11.4. The average Bonchev–Trinajstić information content (AvgIpc) is 3.47. The number of ether oxygens (including phenoxy) is 2. The zero-order chi connectivity index (χ0) is 22.3. The molecule has 32 heavy (non-hydrogen) atoms. The SMILES string of the molecule is COc1cc(C)c2[nH]ccc2c1CN1CCC2(CCOC2)CC1c1ccc(C(=O)O)cc1. The van der Waals surface area contributed by atoms with Crippen LogP contribution in [0.1, 0.15) is 52.4 Å². The summed E-state index contributed by atoms with van der Waals surface area (Å²) in [6, 6.07) is 11.8. The molecule has 2 N–H and O–H groups in total. The number of aromatic carboxylic acids is 1. The third-order valence-electron chi connectivity index (χ3n) is 7.42. The lowest BCUT2D eigenvalue weighted by Crippen LogP contribution is -2.42. The fourth-order valence-corrected chi connectivity index (χ4v) is 5.54. The molecule has 0 saturated carbocycles. The molecule has 0 aliphatic carbocycles. The first-order valence-corrected chi connectivity index (χ1v) is 11.3. The molecule has 1 aromatic heterocycles. The van der Waals surface area contributed by atoms with Gasteiger partial charge in [-0.05, 0) is 73.5 Å². The number of H-pyrrole nitrogens is 1. The van der Waals surface area contributed by atoms with Gasteiger partial charge in [0, 0.05) is 41.9 Å². The van der Waals surface area contributed by atoms with Gasteiger partial charge in [0.15, 0.2) is 0 Å². The Morgan fingerprint density at radius 3 is 2.78 bits per heavy atom. The number of benzene rings is 2. The van der Waals surface area contributed by atoms with Crippen LogP contribution in [0, 0.1) is 12.3 Å². The third-order valence-corrected chi connectivity index (χ3v) is 7.42. The van der Waals surface area contributed by atoms with Gasteiger partial charge in [-0.2, -0.15) is 0 Å². The molecular weight excluding hydrogens is 404 g/mol. The lowest BCUT2D eigenvalue weighted by Gasteiger charge is -2.45. The standard InChI is InChI=1S/C26H30N2O4/c1-17-13-23(31-2)21(20-7-10-27-24(17)20)15-28-11-8-26(9-12-32-16-26)14-22(28)18-3-5-19(6-4-18)25(29)30/h3-7,10,13,22,27H,8-9,11-12,14-16H2,1-2H3,(H,29,30). The van der Waals surface area contributed by atoms with Crippen molar-refractivity contribution in [3.63, 3.8) is 0 Å². The number of piperidine rings is 1. The van der Waals surface area contributed by atoms with Crippen LogP contribution >= 0.6 is 0 Å². The Morgan fingerprint density at radius 1 is 1.28 bits per heavy atom. The fourth-order valence-electron chi connectivity index (χ4n) is 5.54. The molecule has 168 valence electrons. The average molecular weight is 435 g/mol. The minimum atomic E-state index is -0.892. The molecule has 2 aliphatic rings. The number of nitrogens with zero attached hydrogens (tertiary/aromatic N) is 1. The van der Waals surface area contributed by atoms with E-state index < -0.39 is 5.97 Å². The van der Waals surface area contributed by atoms with Crippen LogP contribution in [0.15, 0.2) is 42.6 Å². The van der Waals surface area contributed by atoms with Crippen molar-refractivity contribution >= 4 is 16.9 Å². The predicted molar refractivity (Wildman–Crippen MR) is 123 cm³/mol. The minimum absolute atomic E-state index is 0.202. The first-order chi connectivity index (χ1) is 15.5. The molecule has 2 fully saturated rings. The van der Waals surface area contributed by atoms with E-state index in [1.54, 1.807) is 19.2 Å². The summed E-state index contributed by atoms with van der Waals surface area (Å²) in [4.78, 5) is 17.2. The number of aryl methyl sites for hydroxylation is 1. The van der Waals surface area contributed by atoms with Crippen LogP contribution in [0.5, 0.6) is 5.75 Å². The predicted octanol–water partition coefficient (Wildman–Crippen LogP) is 4.93. The van der Waals surface area contributed by atoms with Crippen molar-refractivity contribution in [3.05, 3.63) is 64.8 Å². The zero-order valence-electron chi connectivity index (χ0n) is 18.7. The van der Waals surface area contributed by atoms with Crippen LogP contribution in [-0.2, 0) is 11.3 Å². The topological polar surface area (TPSA) is 74.8 Å². The van der Waals surface area contributed by atoms with Crippen molar-refractivity contribution in [2.45, 2.75) is 38.8 Å². The van der Waals surface area contributed by atoms with E-state index >= 15 is 0 Å². The van der Waals surface area contributed by atoms with Crippen molar-refractivity contribution in [2.24, 2.45) is 5.41 Å². The van der Waals surface area contributed by atoms with Gasteiger partial charge in [-0.3, -0.25) is 4.90 Å². The number of rotatable bonds is 5. The molecule has 3 aromatic rings. The number of carboxylic acid groups (broad SMARTS) is 1. The normalized spacial score (nSPS) is 23.8. The van der Waals surface area contributed by atoms with E-state index in [9.17, 15) is 9.90 Å². The quantitative estimate of drug-likeness (QED) is 0.596. The van der Waals surface area contributed by atoms with Gasteiger partial charge in [0.2, 0.25) is 0 Å². The van der Waals surface area contributed by atoms with Crippen LogP contribution in [0.3, 0.4) is 0 Å². The second-order valence-electron chi connectivity index (χ2n) is 9.31. The molecule has 0 bridgehead atoms. The van der Waals surface area contributed by atoms with Crippen LogP contribution in [0.4, 0.5) is 0 Å². The largest absolute Gasteiger partial charge is 0.496 e. The van der Waals surface area contributed by atoms with Gasteiger partial charge in [0.05, 0.1) is 19.3 Å². The van der Waals surface area contributed by atoms with E-state index in [-0.39, 0.29) is 11.5 Å². The molecule has 3 heterocycles. The molecule has 2 aromatic carbocycles. The Kier molecular flexibility index (Phi) is 5.43. The number of carbonyl (C=O) groups is 1. The second-order valence-corrected chi connectivity index (χ2v) is 9.31. The molecule has 2 unspecified atom stereocenters. The van der Waals surface area contributed by atoms with E-state index in [1.165, 1.54) is 16.5 Å². The van der Waals surface area contributed by atoms with Crippen LogP contribution in [0.2, 0.25) is 0 Å².